The van der Waals surface area contributed by atoms with Gasteiger partial charge in [0.25, 0.3) is 0 Å². The summed E-state index contributed by atoms with van der Waals surface area (Å²) in [6.07, 6.45) is 0.0735. The van der Waals surface area contributed by atoms with Gasteiger partial charge in [-0.15, -0.1) is 0 Å². The van der Waals surface area contributed by atoms with Gasteiger partial charge in [0.05, 0.1) is 19.1 Å². The highest BCUT2D eigenvalue weighted by atomic mass is 19.1. The Hall–Kier alpha value is -2.93. The fourth-order valence-electron chi connectivity index (χ4n) is 3.32. The van der Waals surface area contributed by atoms with Gasteiger partial charge in [-0.3, -0.25) is 14.5 Å². The van der Waals surface area contributed by atoms with Crippen LogP contribution >= 0.6 is 0 Å². The molecule has 0 unspecified atom stereocenters. The maximum Gasteiger partial charge on any atom is 0.237 e. The number of carbonyl (C=O) groups is 2. The van der Waals surface area contributed by atoms with E-state index in [1.54, 1.807) is 12.1 Å². The number of halogens is 1. The van der Waals surface area contributed by atoms with Crippen molar-refractivity contribution in [2.45, 2.75) is 32.5 Å². The summed E-state index contributed by atoms with van der Waals surface area (Å²) in [5.74, 6) is 0.139. The summed E-state index contributed by atoms with van der Waals surface area (Å²) < 4.78 is 18.4. The van der Waals surface area contributed by atoms with Crippen LogP contribution in [-0.2, 0) is 22.7 Å². The van der Waals surface area contributed by atoms with E-state index in [9.17, 15) is 14.0 Å². The SMILES string of the molecule is CCOc1ccc(CN2CCNC(=O)[C@H]2CC(=O)NCc2ccc(F)cc2)cc1. The van der Waals surface area contributed by atoms with Crippen LogP contribution in [0.15, 0.2) is 48.5 Å². The lowest BCUT2D eigenvalue weighted by atomic mass is 10.1. The van der Waals surface area contributed by atoms with Gasteiger partial charge < -0.3 is 15.4 Å². The Morgan fingerprint density at radius 1 is 1.17 bits per heavy atom. The van der Waals surface area contributed by atoms with Crippen LogP contribution in [0.2, 0.25) is 0 Å². The highest BCUT2D eigenvalue weighted by Gasteiger charge is 2.31. The van der Waals surface area contributed by atoms with Crippen molar-refractivity contribution in [3.63, 3.8) is 0 Å². The molecule has 29 heavy (non-hydrogen) atoms. The number of piperazine rings is 1. The zero-order chi connectivity index (χ0) is 20.6. The minimum absolute atomic E-state index is 0.0735. The minimum atomic E-state index is -0.525. The van der Waals surface area contributed by atoms with Crippen LogP contribution in [-0.4, -0.2) is 42.5 Å². The van der Waals surface area contributed by atoms with E-state index in [1.807, 2.05) is 36.1 Å². The molecule has 0 spiro atoms. The van der Waals surface area contributed by atoms with Gasteiger partial charge in [0.2, 0.25) is 11.8 Å². The number of rotatable bonds is 8. The molecule has 6 nitrogen and oxygen atoms in total. The van der Waals surface area contributed by atoms with Gasteiger partial charge in [-0.05, 0) is 42.3 Å². The Labute approximate surface area is 170 Å². The van der Waals surface area contributed by atoms with Crippen molar-refractivity contribution in [1.82, 2.24) is 15.5 Å². The van der Waals surface area contributed by atoms with Gasteiger partial charge in [-0.1, -0.05) is 24.3 Å². The molecule has 2 amide bonds. The number of nitrogens with zero attached hydrogens (tertiary/aromatic N) is 1. The molecule has 2 aromatic carbocycles. The van der Waals surface area contributed by atoms with Crippen molar-refractivity contribution in [3.05, 3.63) is 65.5 Å². The van der Waals surface area contributed by atoms with Gasteiger partial charge in [-0.2, -0.15) is 0 Å². The van der Waals surface area contributed by atoms with E-state index in [2.05, 4.69) is 10.6 Å². The van der Waals surface area contributed by atoms with E-state index >= 15 is 0 Å². The highest BCUT2D eigenvalue weighted by Crippen LogP contribution is 2.17. The number of hydrogen-bond acceptors (Lipinski definition) is 4. The van der Waals surface area contributed by atoms with E-state index in [0.717, 1.165) is 16.9 Å². The van der Waals surface area contributed by atoms with E-state index in [-0.39, 0.29) is 24.1 Å². The quantitative estimate of drug-likeness (QED) is 0.714. The van der Waals surface area contributed by atoms with Crippen molar-refractivity contribution in [2.24, 2.45) is 0 Å². The molecule has 1 heterocycles. The van der Waals surface area contributed by atoms with Crippen molar-refractivity contribution >= 4 is 11.8 Å². The lowest BCUT2D eigenvalue weighted by Gasteiger charge is -2.34. The Morgan fingerprint density at radius 2 is 1.86 bits per heavy atom. The van der Waals surface area contributed by atoms with Crippen LogP contribution in [0.1, 0.15) is 24.5 Å². The van der Waals surface area contributed by atoms with Crippen molar-refractivity contribution < 1.29 is 18.7 Å². The standard InChI is InChI=1S/C22H26FN3O3/c1-2-29-19-9-5-17(6-10-19)15-26-12-11-24-22(28)20(26)13-21(27)25-14-16-3-7-18(23)8-4-16/h3-10,20H,2,11-15H2,1H3,(H,24,28)(H,25,27)/t20-/m1/s1. The number of ether oxygens (including phenoxy) is 1. The molecule has 2 aromatic rings. The van der Waals surface area contributed by atoms with Gasteiger partial charge in [0, 0.05) is 26.2 Å². The number of hydrogen-bond donors (Lipinski definition) is 2. The molecule has 7 heteroatoms. The fourth-order valence-corrected chi connectivity index (χ4v) is 3.32. The van der Waals surface area contributed by atoms with Gasteiger partial charge in [-0.25, -0.2) is 4.39 Å². The molecule has 154 valence electrons. The molecule has 1 aliphatic rings. The first kappa shape index (κ1) is 20.8. The van der Waals surface area contributed by atoms with E-state index in [1.165, 1.54) is 12.1 Å². The number of amides is 2. The maximum atomic E-state index is 13.0. The third-order valence-electron chi connectivity index (χ3n) is 4.84. The molecular weight excluding hydrogens is 373 g/mol. The Bertz CT molecular complexity index is 824. The van der Waals surface area contributed by atoms with Gasteiger partial charge in [0.1, 0.15) is 11.6 Å². The zero-order valence-electron chi connectivity index (χ0n) is 16.5. The minimum Gasteiger partial charge on any atom is -0.494 e. The fraction of sp³-hybridized carbons (Fsp3) is 0.364. The van der Waals surface area contributed by atoms with Crippen LogP contribution in [0.4, 0.5) is 4.39 Å². The van der Waals surface area contributed by atoms with Crippen molar-refractivity contribution in [1.29, 1.82) is 0 Å². The first-order valence-electron chi connectivity index (χ1n) is 9.80. The summed E-state index contributed by atoms with van der Waals surface area (Å²) in [5, 5.41) is 5.64. The topological polar surface area (TPSA) is 70.7 Å². The average molecular weight is 399 g/mol. The second kappa shape index (κ2) is 10.0. The smallest absolute Gasteiger partial charge is 0.237 e. The van der Waals surface area contributed by atoms with Crippen LogP contribution in [0, 0.1) is 5.82 Å². The second-order valence-electron chi connectivity index (χ2n) is 6.96. The molecule has 0 aliphatic carbocycles. The summed E-state index contributed by atoms with van der Waals surface area (Å²) in [5.41, 5.74) is 1.86. The van der Waals surface area contributed by atoms with Crippen LogP contribution < -0.4 is 15.4 Å². The molecule has 1 fully saturated rings. The summed E-state index contributed by atoms with van der Waals surface area (Å²) in [7, 11) is 0. The molecule has 1 aliphatic heterocycles. The van der Waals surface area contributed by atoms with Gasteiger partial charge >= 0.3 is 0 Å². The Kier molecular flexibility index (Phi) is 7.19. The maximum absolute atomic E-state index is 13.0. The normalized spacial score (nSPS) is 16.9. The molecule has 0 saturated carbocycles. The molecule has 0 aromatic heterocycles. The predicted octanol–water partition coefficient (Wildman–Crippen LogP) is 2.23. The van der Waals surface area contributed by atoms with E-state index < -0.39 is 6.04 Å². The monoisotopic (exact) mass is 399 g/mol. The van der Waals surface area contributed by atoms with Crippen molar-refractivity contribution in [2.75, 3.05) is 19.7 Å². The van der Waals surface area contributed by atoms with E-state index in [0.29, 0.717) is 32.8 Å². The van der Waals surface area contributed by atoms with Gasteiger partial charge in [0.15, 0.2) is 0 Å². The molecule has 3 rings (SSSR count). The van der Waals surface area contributed by atoms with Crippen LogP contribution in [0.5, 0.6) is 5.75 Å². The van der Waals surface area contributed by atoms with E-state index in [4.69, 9.17) is 4.74 Å². The molecule has 1 atom stereocenters. The second-order valence-corrected chi connectivity index (χ2v) is 6.96. The molecule has 0 bridgehead atoms. The lowest BCUT2D eigenvalue weighted by Crippen LogP contribution is -2.56. The first-order valence-corrected chi connectivity index (χ1v) is 9.80. The number of benzene rings is 2. The highest BCUT2D eigenvalue weighted by molar-refractivity contribution is 5.88. The van der Waals surface area contributed by atoms with Crippen LogP contribution in [0.3, 0.4) is 0 Å². The van der Waals surface area contributed by atoms with Crippen LogP contribution in [0.25, 0.3) is 0 Å². The third-order valence-corrected chi connectivity index (χ3v) is 4.84. The molecule has 0 radical (unpaired) electrons. The number of nitrogens with one attached hydrogen (secondary N) is 2. The zero-order valence-corrected chi connectivity index (χ0v) is 16.5. The number of carbonyl (C=O) groups excluding carboxylic acids is 2. The average Bonchev–Trinajstić information content (AvgIpc) is 2.72. The molecular formula is C22H26FN3O3. The summed E-state index contributed by atoms with van der Waals surface area (Å²) >= 11 is 0. The Balaban J connectivity index is 1.57. The summed E-state index contributed by atoms with van der Waals surface area (Å²) in [4.78, 5) is 26.8. The first-order chi connectivity index (χ1) is 14.0. The molecule has 2 N–H and O–H groups in total. The van der Waals surface area contributed by atoms with Crippen molar-refractivity contribution in [3.8, 4) is 5.75 Å². The largest absolute Gasteiger partial charge is 0.494 e. The third kappa shape index (κ3) is 6.02. The Morgan fingerprint density at radius 3 is 2.55 bits per heavy atom. The summed E-state index contributed by atoms with van der Waals surface area (Å²) in [6.45, 7) is 4.66. The lowest BCUT2D eigenvalue weighted by molar-refractivity contribution is -0.134. The predicted molar refractivity (Wildman–Crippen MR) is 108 cm³/mol. The summed E-state index contributed by atoms with van der Waals surface area (Å²) in [6, 6.07) is 13.2. The molecule has 1 saturated heterocycles.